The van der Waals surface area contributed by atoms with Gasteiger partial charge in [0.2, 0.25) is 11.8 Å². The lowest BCUT2D eigenvalue weighted by Gasteiger charge is -2.46. The fourth-order valence-corrected chi connectivity index (χ4v) is 11.4. The van der Waals surface area contributed by atoms with Crippen molar-refractivity contribution in [1.82, 2.24) is 20.4 Å². The number of ketones is 2. The van der Waals surface area contributed by atoms with Crippen molar-refractivity contribution in [2.24, 2.45) is 40.9 Å². The molecule has 3 amide bonds. The molecule has 12 heteroatoms. The second-order valence-electron chi connectivity index (χ2n) is 19.3. The van der Waals surface area contributed by atoms with E-state index >= 15 is 14.4 Å². The number of piperidine rings is 1. The highest BCUT2D eigenvalue weighted by Gasteiger charge is 2.59. The molecule has 4 aliphatic rings. The standard InChI is InChI=1S/C51H77N7O5/c1-55-43(35-38-21-10-4-11-22-38)48(61)56-42(25-14-15-29-52)49(62)58-30-16-26-44(58)46(59)45(40-23-12-5-13-24-40)51(54,47(60)41(53)34-37-19-8-3-9-20-37)50(63)57-31-27-39(28-32-57)33-36-17-6-2-7-18-36/h2,4,6-7,10-11,17-18,21-22,37,39-45,55H,3,5,8-9,12-16,19-20,23-35,52-54H2,1H3,(H,56,61)/t41-,42+,43+,44+,45?,51+/m1/s1. The molecule has 0 bridgehead atoms. The zero-order valence-electron chi connectivity index (χ0n) is 38.0. The molecule has 1 unspecified atom stereocenters. The molecule has 0 spiro atoms. The van der Waals surface area contributed by atoms with Crippen molar-refractivity contribution in [3.05, 3.63) is 71.8 Å². The zero-order chi connectivity index (χ0) is 44.8. The number of nitrogens with zero attached hydrogens (tertiary/aromatic N) is 2. The van der Waals surface area contributed by atoms with Gasteiger partial charge in [0.1, 0.15) is 6.04 Å². The number of carbonyl (C=O) groups is 5. The molecular weight excluding hydrogens is 791 g/mol. The van der Waals surface area contributed by atoms with E-state index in [9.17, 15) is 9.59 Å². The number of carbonyl (C=O) groups excluding carboxylic acids is 5. The molecule has 346 valence electrons. The quantitative estimate of drug-likeness (QED) is 0.0825. The van der Waals surface area contributed by atoms with Crippen molar-refractivity contribution in [3.63, 3.8) is 0 Å². The summed E-state index contributed by atoms with van der Waals surface area (Å²) < 4.78 is 0. The average molecular weight is 868 g/mol. The Morgan fingerprint density at radius 1 is 0.730 bits per heavy atom. The zero-order valence-corrected chi connectivity index (χ0v) is 38.0. The van der Waals surface area contributed by atoms with Crippen LogP contribution in [0.5, 0.6) is 0 Å². The van der Waals surface area contributed by atoms with Crippen LogP contribution in [0, 0.1) is 23.7 Å². The molecule has 12 nitrogen and oxygen atoms in total. The molecule has 2 aliphatic carbocycles. The Bertz CT molecular complexity index is 1780. The van der Waals surface area contributed by atoms with Crippen LogP contribution in [0.25, 0.3) is 0 Å². The van der Waals surface area contributed by atoms with Gasteiger partial charge in [0.05, 0.1) is 24.0 Å². The third-order valence-corrected chi connectivity index (χ3v) is 15.0. The van der Waals surface area contributed by atoms with Gasteiger partial charge in [-0.1, -0.05) is 112 Å². The normalized spacial score (nSPS) is 22.1. The van der Waals surface area contributed by atoms with Crippen LogP contribution in [0.3, 0.4) is 0 Å². The van der Waals surface area contributed by atoms with Gasteiger partial charge in [-0.25, -0.2) is 0 Å². The molecule has 2 aromatic carbocycles. The van der Waals surface area contributed by atoms with Crippen molar-refractivity contribution in [2.45, 2.75) is 158 Å². The fraction of sp³-hybridized carbons (Fsp3) is 0.667. The predicted octanol–water partition coefficient (Wildman–Crippen LogP) is 5.23. The number of likely N-dealkylation sites (tertiary alicyclic amines) is 2. The first-order valence-corrected chi connectivity index (χ1v) is 24.5. The van der Waals surface area contributed by atoms with Gasteiger partial charge < -0.3 is 37.6 Å². The predicted molar refractivity (Wildman–Crippen MR) is 248 cm³/mol. The van der Waals surface area contributed by atoms with E-state index in [4.69, 9.17) is 17.2 Å². The van der Waals surface area contributed by atoms with E-state index in [0.29, 0.717) is 89.9 Å². The number of nitrogens with two attached hydrogens (primary N) is 3. The molecular formula is C51H77N7O5. The Kier molecular flexibility index (Phi) is 18.3. The Morgan fingerprint density at radius 3 is 1.97 bits per heavy atom. The summed E-state index contributed by atoms with van der Waals surface area (Å²) in [6.45, 7) is 1.67. The highest BCUT2D eigenvalue weighted by atomic mass is 16.2. The van der Waals surface area contributed by atoms with Crippen molar-refractivity contribution in [3.8, 4) is 0 Å². The Balaban J connectivity index is 1.29. The largest absolute Gasteiger partial charge is 0.343 e. The van der Waals surface area contributed by atoms with Crippen LogP contribution in [0.1, 0.15) is 127 Å². The van der Waals surface area contributed by atoms with E-state index < -0.39 is 47.3 Å². The summed E-state index contributed by atoms with van der Waals surface area (Å²) in [5, 5.41) is 6.18. The van der Waals surface area contributed by atoms with Crippen molar-refractivity contribution in [2.75, 3.05) is 33.2 Å². The summed E-state index contributed by atoms with van der Waals surface area (Å²) >= 11 is 0. The minimum atomic E-state index is -2.18. The summed E-state index contributed by atoms with van der Waals surface area (Å²) in [4.78, 5) is 78.4. The number of benzene rings is 2. The van der Waals surface area contributed by atoms with Gasteiger partial charge in [-0.15, -0.1) is 0 Å². The summed E-state index contributed by atoms with van der Waals surface area (Å²) in [6, 6.07) is 16.7. The molecule has 2 aromatic rings. The SMILES string of the molecule is CN[C@@H](Cc1ccccc1)C(=O)N[C@@H](CCCCN)C(=O)N1CCC[C@H]1C(=O)C(C1CCCCC1)[C@](N)(C(=O)[C@H](N)CC1CCCCC1)C(=O)N1CCC(Cc2ccccc2)CC1. The molecule has 8 N–H and O–H groups in total. The van der Waals surface area contributed by atoms with Crippen LogP contribution in [-0.4, -0.2) is 102 Å². The van der Waals surface area contributed by atoms with Crippen LogP contribution in [0.15, 0.2) is 60.7 Å². The molecule has 2 saturated heterocycles. The Hall–Kier alpha value is -3.97. The highest BCUT2D eigenvalue weighted by molar-refractivity contribution is 6.16. The van der Waals surface area contributed by atoms with E-state index in [1.807, 2.05) is 48.5 Å². The molecule has 6 rings (SSSR count). The molecule has 0 aromatic heterocycles. The van der Waals surface area contributed by atoms with Crippen molar-refractivity contribution < 1.29 is 24.0 Å². The third-order valence-electron chi connectivity index (χ3n) is 15.0. The molecule has 6 atom stereocenters. The summed E-state index contributed by atoms with van der Waals surface area (Å²) in [5.74, 6) is -2.78. The van der Waals surface area contributed by atoms with Crippen molar-refractivity contribution in [1.29, 1.82) is 0 Å². The van der Waals surface area contributed by atoms with Crippen molar-refractivity contribution >= 4 is 29.3 Å². The van der Waals surface area contributed by atoms with Crippen LogP contribution in [0.2, 0.25) is 0 Å². The maximum absolute atomic E-state index is 15.7. The first-order valence-electron chi connectivity index (χ1n) is 24.5. The first-order chi connectivity index (χ1) is 30.5. The number of hydrogen-bond acceptors (Lipinski definition) is 9. The van der Waals surface area contributed by atoms with Gasteiger partial charge in [0.25, 0.3) is 5.91 Å². The molecule has 2 aliphatic heterocycles. The van der Waals surface area contributed by atoms with Gasteiger partial charge in [-0.3, -0.25) is 24.0 Å². The second-order valence-corrected chi connectivity index (χ2v) is 19.3. The minimum Gasteiger partial charge on any atom is -0.343 e. The number of hydrogen-bond donors (Lipinski definition) is 5. The number of likely N-dealkylation sites (N-methyl/N-ethyl adjacent to an activating group) is 1. The average Bonchev–Trinajstić information content (AvgIpc) is 3.82. The van der Waals surface area contributed by atoms with Gasteiger partial charge >= 0.3 is 0 Å². The highest BCUT2D eigenvalue weighted by Crippen LogP contribution is 2.41. The van der Waals surface area contributed by atoms with Gasteiger partial charge in [-0.2, -0.15) is 0 Å². The topological polar surface area (TPSA) is 194 Å². The van der Waals surface area contributed by atoms with E-state index in [0.717, 1.165) is 76.2 Å². The molecule has 2 saturated carbocycles. The summed E-state index contributed by atoms with van der Waals surface area (Å²) in [5.41, 5.74) is 20.4. The van der Waals surface area contributed by atoms with E-state index in [-0.39, 0.29) is 29.4 Å². The van der Waals surface area contributed by atoms with Gasteiger partial charge in [0.15, 0.2) is 17.1 Å². The number of Topliss-reactive ketones (excluding diaryl/α,β-unsaturated/α-hetero) is 2. The summed E-state index contributed by atoms with van der Waals surface area (Å²) in [6.07, 6.45) is 15.3. The lowest BCUT2D eigenvalue weighted by Crippen LogP contribution is -2.72. The number of unbranched alkanes of at least 4 members (excludes halogenated alkanes) is 1. The number of nitrogens with one attached hydrogen (secondary N) is 2. The summed E-state index contributed by atoms with van der Waals surface area (Å²) in [7, 11) is 1.73. The van der Waals surface area contributed by atoms with Crippen LogP contribution in [-0.2, 0) is 36.8 Å². The third kappa shape index (κ3) is 12.4. The van der Waals surface area contributed by atoms with Gasteiger partial charge in [-0.05, 0) is 120 Å². The Labute approximate surface area is 376 Å². The maximum Gasteiger partial charge on any atom is 0.251 e. The fourth-order valence-electron chi connectivity index (χ4n) is 11.4. The van der Waals surface area contributed by atoms with Crippen LogP contribution < -0.4 is 27.8 Å². The van der Waals surface area contributed by atoms with E-state index in [1.54, 1.807) is 16.8 Å². The Morgan fingerprint density at radius 2 is 1.35 bits per heavy atom. The molecule has 4 fully saturated rings. The van der Waals surface area contributed by atoms with E-state index in [1.165, 1.54) is 5.56 Å². The lowest BCUT2D eigenvalue weighted by atomic mass is 9.63. The maximum atomic E-state index is 15.7. The molecule has 63 heavy (non-hydrogen) atoms. The van der Waals surface area contributed by atoms with Gasteiger partial charge in [0, 0.05) is 19.6 Å². The smallest absolute Gasteiger partial charge is 0.251 e. The minimum absolute atomic E-state index is 0.263. The monoisotopic (exact) mass is 868 g/mol. The number of rotatable bonds is 21. The molecule has 0 radical (unpaired) electrons. The molecule has 2 heterocycles. The second kappa shape index (κ2) is 23.8. The number of amides is 3. The van der Waals surface area contributed by atoms with Crippen LogP contribution >= 0.6 is 0 Å². The van der Waals surface area contributed by atoms with Crippen LogP contribution in [0.4, 0.5) is 0 Å². The van der Waals surface area contributed by atoms with E-state index in [2.05, 4.69) is 22.8 Å². The first kappa shape index (κ1) is 48.5. The lowest BCUT2D eigenvalue weighted by molar-refractivity contribution is -0.155.